The second-order valence-electron chi connectivity index (χ2n) is 4.66. The number of nitriles is 1. The lowest BCUT2D eigenvalue weighted by Gasteiger charge is -2.15. The van der Waals surface area contributed by atoms with Crippen LogP contribution >= 0.6 is 0 Å². The van der Waals surface area contributed by atoms with Crippen LogP contribution in [0.5, 0.6) is 0 Å². The number of carbonyl (C=O) groups excluding carboxylic acids is 2. The Hall–Kier alpha value is -1.41. The van der Waals surface area contributed by atoms with E-state index in [9.17, 15) is 9.59 Å². The lowest BCUT2D eigenvalue weighted by atomic mass is 9.96. The molecule has 1 saturated heterocycles. The summed E-state index contributed by atoms with van der Waals surface area (Å²) in [5.74, 6) is -1.37. The second-order valence-corrected chi connectivity index (χ2v) is 4.66. The van der Waals surface area contributed by atoms with Gasteiger partial charge in [0, 0.05) is 6.42 Å². The average molecular weight is 267 g/mol. The van der Waals surface area contributed by atoms with Crippen LogP contribution in [0.2, 0.25) is 0 Å². The van der Waals surface area contributed by atoms with Gasteiger partial charge in [-0.2, -0.15) is 5.26 Å². The molecule has 2 atom stereocenters. The topological polar surface area (TPSA) is 76.4 Å². The van der Waals surface area contributed by atoms with Gasteiger partial charge in [-0.1, -0.05) is 19.3 Å². The Morgan fingerprint density at radius 2 is 2.16 bits per heavy atom. The summed E-state index contributed by atoms with van der Waals surface area (Å²) in [5.41, 5.74) is 0. The van der Waals surface area contributed by atoms with Crippen molar-refractivity contribution in [1.82, 2.24) is 0 Å². The predicted molar refractivity (Wildman–Crippen MR) is 68.2 cm³/mol. The SMILES string of the molecule is CCOC(=O)C1C(=O)COC1CCCCCCC#N. The summed E-state index contributed by atoms with van der Waals surface area (Å²) in [7, 11) is 0. The number of ketones is 1. The van der Waals surface area contributed by atoms with E-state index in [1.165, 1.54) is 0 Å². The van der Waals surface area contributed by atoms with Crippen LogP contribution in [0, 0.1) is 17.2 Å². The van der Waals surface area contributed by atoms with Crippen molar-refractivity contribution >= 4 is 11.8 Å². The minimum Gasteiger partial charge on any atom is -0.465 e. The minimum absolute atomic E-state index is 0.0164. The number of hydrogen-bond donors (Lipinski definition) is 0. The first-order chi connectivity index (χ1) is 9.20. The van der Waals surface area contributed by atoms with Gasteiger partial charge in [0.05, 0.1) is 18.8 Å². The van der Waals surface area contributed by atoms with Crippen LogP contribution in [0.25, 0.3) is 0 Å². The lowest BCUT2D eigenvalue weighted by molar-refractivity contribution is -0.151. The summed E-state index contributed by atoms with van der Waals surface area (Å²) in [5, 5.41) is 8.41. The van der Waals surface area contributed by atoms with E-state index in [2.05, 4.69) is 6.07 Å². The minimum atomic E-state index is -0.737. The molecule has 5 heteroatoms. The average Bonchev–Trinajstić information content (AvgIpc) is 2.75. The molecule has 0 radical (unpaired) electrons. The Morgan fingerprint density at radius 1 is 1.42 bits per heavy atom. The standard InChI is InChI=1S/C14H21NO4/c1-2-18-14(17)13-11(16)10-19-12(13)8-6-4-3-5-7-9-15/h12-13H,2-8,10H2,1H3. The molecule has 106 valence electrons. The first-order valence-corrected chi connectivity index (χ1v) is 6.88. The highest BCUT2D eigenvalue weighted by molar-refractivity contribution is 6.01. The van der Waals surface area contributed by atoms with E-state index in [0.717, 1.165) is 25.7 Å². The van der Waals surface area contributed by atoms with E-state index in [4.69, 9.17) is 14.7 Å². The number of nitrogens with zero attached hydrogens (tertiary/aromatic N) is 1. The molecule has 0 saturated carbocycles. The lowest BCUT2D eigenvalue weighted by Crippen LogP contribution is -2.31. The van der Waals surface area contributed by atoms with Gasteiger partial charge in [-0.05, 0) is 19.8 Å². The van der Waals surface area contributed by atoms with Gasteiger partial charge in [-0.15, -0.1) is 0 Å². The van der Waals surface area contributed by atoms with Crippen molar-refractivity contribution in [3.8, 4) is 6.07 Å². The molecule has 19 heavy (non-hydrogen) atoms. The summed E-state index contributed by atoms with van der Waals surface area (Å²) in [4.78, 5) is 23.3. The summed E-state index contributed by atoms with van der Waals surface area (Å²) < 4.78 is 10.3. The summed E-state index contributed by atoms with van der Waals surface area (Å²) >= 11 is 0. The highest BCUT2D eigenvalue weighted by atomic mass is 16.5. The van der Waals surface area contributed by atoms with E-state index in [0.29, 0.717) is 12.8 Å². The molecule has 2 unspecified atom stereocenters. The molecule has 1 aliphatic rings. The number of hydrogen-bond acceptors (Lipinski definition) is 5. The first-order valence-electron chi connectivity index (χ1n) is 6.88. The summed E-state index contributed by atoms with van der Waals surface area (Å²) in [6.45, 7) is 2.02. The third kappa shape index (κ3) is 4.99. The first kappa shape index (κ1) is 15.6. The van der Waals surface area contributed by atoms with E-state index in [1.54, 1.807) is 6.92 Å². The molecular formula is C14H21NO4. The van der Waals surface area contributed by atoms with E-state index >= 15 is 0 Å². The highest BCUT2D eigenvalue weighted by Crippen LogP contribution is 2.24. The predicted octanol–water partition coefficient (Wildman–Crippen LogP) is 2.00. The molecule has 5 nitrogen and oxygen atoms in total. The van der Waals surface area contributed by atoms with Crippen LogP contribution in [0.3, 0.4) is 0 Å². The third-order valence-electron chi connectivity index (χ3n) is 3.23. The quantitative estimate of drug-likeness (QED) is 0.382. The van der Waals surface area contributed by atoms with Gasteiger partial charge in [0.25, 0.3) is 0 Å². The van der Waals surface area contributed by atoms with Crippen molar-refractivity contribution in [2.75, 3.05) is 13.2 Å². The van der Waals surface area contributed by atoms with Crippen molar-refractivity contribution in [2.24, 2.45) is 5.92 Å². The third-order valence-corrected chi connectivity index (χ3v) is 3.23. The number of carbonyl (C=O) groups is 2. The maximum Gasteiger partial charge on any atom is 0.319 e. The van der Waals surface area contributed by atoms with Crippen LogP contribution in [-0.2, 0) is 19.1 Å². The Balaban J connectivity index is 2.29. The van der Waals surface area contributed by atoms with Gasteiger partial charge in [0.15, 0.2) is 5.78 Å². The Morgan fingerprint density at radius 3 is 2.84 bits per heavy atom. The van der Waals surface area contributed by atoms with Gasteiger partial charge >= 0.3 is 5.97 Å². The van der Waals surface area contributed by atoms with Gasteiger partial charge in [0.2, 0.25) is 0 Å². The van der Waals surface area contributed by atoms with Crippen molar-refractivity contribution in [3.63, 3.8) is 0 Å². The molecule has 0 aromatic carbocycles. The van der Waals surface area contributed by atoms with Crippen molar-refractivity contribution in [3.05, 3.63) is 0 Å². The van der Waals surface area contributed by atoms with E-state index < -0.39 is 11.9 Å². The fraction of sp³-hybridized carbons (Fsp3) is 0.786. The van der Waals surface area contributed by atoms with E-state index in [-0.39, 0.29) is 25.1 Å². The summed E-state index contributed by atoms with van der Waals surface area (Å²) in [6.07, 6.45) is 4.75. The van der Waals surface area contributed by atoms with Crippen LogP contribution in [0.4, 0.5) is 0 Å². The van der Waals surface area contributed by atoms with Crippen molar-refractivity contribution in [2.45, 2.75) is 51.6 Å². The Labute approximate surface area is 113 Å². The maximum absolute atomic E-state index is 11.7. The van der Waals surface area contributed by atoms with Crippen LogP contribution in [0.15, 0.2) is 0 Å². The number of ether oxygens (including phenoxy) is 2. The van der Waals surface area contributed by atoms with Gasteiger partial charge < -0.3 is 9.47 Å². The molecule has 0 aromatic rings. The zero-order chi connectivity index (χ0) is 14.1. The molecule has 0 N–H and O–H groups in total. The Bertz CT molecular complexity index is 348. The molecule has 0 amide bonds. The maximum atomic E-state index is 11.7. The number of rotatable bonds is 8. The molecule has 1 fully saturated rings. The molecule has 0 aromatic heterocycles. The molecule has 0 bridgehead atoms. The van der Waals surface area contributed by atoms with Crippen LogP contribution in [0.1, 0.15) is 45.4 Å². The number of esters is 1. The fourth-order valence-corrected chi connectivity index (χ4v) is 2.25. The van der Waals surface area contributed by atoms with Crippen LogP contribution in [-0.4, -0.2) is 31.1 Å². The van der Waals surface area contributed by atoms with Gasteiger partial charge in [-0.25, -0.2) is 0 Å². The molecular weight excluding hydrogens is 246 g/mol. The molecule has 1 rings (SSSR count). The number of Topliss-reactive ketones (excluding diaryl/α,β-unsaturated/α-hetero) is 1. The van der Waals surface area contributed by atoms with Crippen LogP contribution < -0.4 is 0 Å². The van der Waals surface area contributed by atoms with Crippen molar-refractivity contribution in [1.29, 1.82) is 5.26 Å². The highest BCUT2D eigenvalue weighted by Gasteiger charge is 2.41. The fourth-order valence-electron chi connectivity index (χ4n) is 2.25. The van der Waals surface area contributed by atoms with Gasteiger partial charge in [0.1, 0.15) is 12.5 Å². The van der Waals surface area contributed by atoms with Gasteiger partial charge in [-0.3, -0.25) is 9.59 Å². The number of unbranched alkanes of at least 4 members (excludes halogenated alkanes) is 4. The molecule has 0 spiro atoms. The monoisotopic (exact) mass is 267 g/mol. The molecule has 1 aliphatic heterocycles. The van der Waals surface area contributed by atoms with Crippen molar-refractivity contribution < 1.29 is 19.1 Å². The molecule has 0 aliphatic carbocycles. The zero-order valence-corrected chi connectivity index (χ0v) is 11.4. The normalized spacial score (nSPS) is 22.2. The smallest absolute Gasteiger partial charge is 0.319 e. The largest absolute Gasteiger partial charge is 0.465 e. The molecule has 1 heterocycles. The second kappa shape index (κ2) is 8.65. The van der Waals surface area contributed by atoms with E-state index in [1.807, 2.05) is 0 Å². The Kier molecular flexibility index (Phi) is 7.12. The zero-order valence-electron chi connectivity index (χ0n) is 11.4. The summed E-state index contributed by atoms with van der Waals surface area (Å²) in [6, 6.07) is 2.11.